The molecule has 0 N–H and O–H groups in total. The molecule has 0 saturated heterocycles. The van der Waals surface area contributed by atoms with E-state index in [2.05, 4.69) is 12.6 Å². The van der Waals surface area contributed by atoms with Gasteiger partial charge in [-0.3, -0.25) is 0 Å². The van der Waals surface area contributed by atoms with Gasteiger partial charge < -0.3 is 4.74 Å². The summed E-state index contributed by atoms with van der Waals surface area (Å²) < 4.78 is 5.03. The lowest BCUT2D eigenvalue weighted by Gasteiger charge is -2.04. The van der Waals surface area contributed by atoms with Crippen LogP contribution in [0.4, 0.5) is 0 Å². The second kappa shape index (κ2) is 4.63. The van der Waals surface area contributed by atoms with Gasteiger partial charge in [0.1, 0.15) is 5.75 Å². The van der Waals surface area contributed by atoms with Crippen LogP contribution in [0, 0.1) is 0 Å². The first kappa shape index (κ1) is 9.75. The maximum atomic E-state index is 5.92. The zero-order valence-corrected chi connectivity index (χ0v) is 8.53. The number of hydrogen-bond acceptors (Lipinski definition) is 2. The van der Waals surface area contributed by atoms with E-state index in [1.54, 1.807) is 7.11 Å². The molecule has 66 valence electrons. The maximum absolute atomic E-state index is 5.92. The van der Waals surface area contributed by atoms with E-state index < -0.39 is 0 Å². The number of benzene rings is 1. The SMILES string of the molecule is COc1ccc(CCS)cc1Cl. The maximum Gasteiger partial charge on any atom is 0.137 e. The molecule has 0 spiro atoms. The van der Waals surface area contributed by atoms with Gasteiger partial charge in [0.05, 0.1) is 12.1 Å². The molecule has 0 aliphatic carbocycles. The number of rotatable bonds is 3. The summed E-state index contributed by atoms with van der Waals surface area (Å²) in [5, 5.41) is 0.664. The highest BCUT2D eigenvalue weighted by molar-refractivity contribution is 7.80. The highest BCUT2D eigenvalue weighted by Crippen LogP contribution is 2.24. The van der Waals surface area contributed by atoms with Crippen LogP contribution in [-0.4, -0.2) is 12.9 Å². The molecule has 0 aliphatic heterocycles. The predicted octanol–water partition coefficient (Wildman–Crippen LogP) is 2.82. The lowest BCUT2D eigenvalue weighted by atomic mass is 10.2. The number of aryl methyl sites for hydroxylation is 1. The van der Waals surface area contributed by atoms with E-state index in [0.29, 0.717) is 5.02 Å². The molecule has 1 nitrogen and oxygen atoms in total. The van der Waals surface area contributed by atoms with Crippen molar-refractivity contribution in [1.29, 1.82) is 0 Å². The molecule has 0 aromatic heterocycles. The first-order valence-electron chi connectivity index (χ1n) is 3.71. The van der Waals surface area contributed by atoms with E-state index in [9.17, 15) is 0 Å². The Morgan fingerprint density at radius 2 is 2.25 bits per heavy atom. The van der Waals surface area contributed by atoms with Crippen LogP contribution in [-0.2, 0) is 6.42 Å². The minimum Gasteiger partial charge on any atom is -0.495 e. The summed E-state index contributed by atoms with van der Waals surface area (Å²) in [4.78, 5) is 0. The topological polar surface area (TPSA) is 9.23 Å². The standard InChI is InChI=1S/C9H11ClOS/c1-11-9-3-2-7(4-5-12)6-8(9)10/h2-3,6,12H,4-5H2,1H3. The zero-order valence-electron chi connectivity index (χ0n) is 6.88. The van der Waals surface area contributed by atoms with Crippen LogP contribution in [0.2, 0.25) is 5.02 Å². The normalized spacial score (nSPS) is 9.92. The van der Waals surface area contributed by atoms with E-state index >= 15 is 0 Å². The van der Waals surface area contributed by atoms with Gasteiger partial charge in [0.25, 0.3) is 0 Å². The molecule has 0 fully saturated rings. The van der Waals surface area contributed by atoms with E-state index in [1.165, 1.54) is 5.56 Å². The Kier molecular flexibility index (Phi) is 3.76. The molecule has 0 amide bonds. The monoisotopic (exact) mass is 202 g/mol. The van der Waals surface area contributed by atoms with Gasteiger partial charge in [-0.25, -0.2) is 0 Å². The molecular formula is C9H11ClOS. The third kappa shape index (κ3) is 2.32. The van der Waals surface area contributed by atoms with E-state index in [-0.39, 0.29) is 0 Å². The van der Waals surface area contributed by atoms with Crippen LogP contribution >= 0.6 is 24.2 Å². The summed E-state index contributed by atoms with van der Waals surface area (Å²) in [6.45, 7) is 0. The Hall–Kier alpha value is -0.340. The Morgan fingerprint density at radius 3 is 2.75 bits per heavy atom. The molecule has 1 rings (SSSR count). The first-order chi connectivity index (χ1) is 5.77. The Bertz CT molecular complexity index is 263. The number of methoxy groups -OCH3 is 1. The lowest BCUT2D eigenvalue weighted by Crippen LogP contribution is -1.88. The second-order valence-corrected chi connectivity index (χ2v) is 3.30. The Morgan fingerprint density at radius 1 is 1.50 bits per heavy atom. The molecule has 3 heteroatoms. The predicted molar refractivity (Wildman–Crippen MR) is 55.6 cm³/mol. The number of hydrogen-bond donors (Lipinski definition) is 1. The molecular weight excluding hydrogens is 192 g/mol. The summed E-state index contributed by atoms with van der Waals surface area (Å²) in [6, 6.07) is 5.79. The van der Waals surface area contributed by atoms with Crippen LogP contribution in [0.25, 0.3) is 0 Å². The summed E-state index contributed by atoms with van der Waals surface area (Å²) in [7, 11) is 1.61. The van der Waals surface area contributed by atoms with Crippen molar-refractivity contribution in [3.8, 4) is 5.75 Å². The van der Waals surface area contributed by atoms with Gasteiger partial charge in [0.2, 0.25) is 0 Å². The average Bonchev–Trinajstić information content (AvgIpc) is 2.05. The van der Waals surface area contributed by atoms with Gasteiger partial charge in [-0.1, -0.05) is 17.7 Å². The number of ether oxygens (including phenoxy) is 1. The molecule has 1 aromatic carbocycles. The summed E-state index contributed by atoms with van der Waals surface area (Å²) in [5.41, 5.74) is 1.19. The summed E-state index contributed by atoms with van der Waals surface area (Å²) >= 11 is 10.1. The molecule has 0 saturated carbocycles. The summed E-state index contributed by atoms with van der Waals surface area (Å²) in [6.07, 6.45) is 0.937. The van der Waals surface area contributed by atoms with Crippen LogP contribution in [0.3, 0.4) is 0 Å². The molecule has 0 aliphatic rings. The van der Waals surface area contributed by atoms with Gasteiger partial charge in [0, 0.05) is 0 Å². The first-order valence-corrected chi connectivity index (χ1v) is 4.72. The highest BCUT2D eigenvalue weighted by Gasteiger charge is 2.00. The summed E-state index contributed by atoms with van der Waals surface area (Å²) in [5.74, 6) is 1.56. The van der Waals surface area contributed by atoms with Crippen LogP contribution in [0.5, 0.6) is 5.75 Å². The fraction of sp³-hybridized carbons (Fsp3) is 0.333. The third-order valence-corrected chi connectivity index (χ3v) is 2.14. The van der Waals surface area contributed by atoms with Gasteiger partial charge in [-0.15, -0.1) is 0 Å². The van der Waals surface area contributed by atoms with Crippen LogP contribution < -0.4 is 4.74 Å². The number of halogens is 1. The quantitative estimate of drug-likeness (QED) is 0.742. The van der Waals surface area contributed by atoms with Crippen molar-refractivity contribution in [2.75, 3.05) is 12.9 Å². The van der Waals surface area contributed by atoms with E-state index in [4.69, 9.17) is 16.3 Å². The van der Waals surface area contributed by atoms with Gasteiger partial charge in [-0.2, -0.15) is 12.6 Å². The number of thiol groups is 1. The molecule has 0 radical (unpaired) electrons. The van der Waals surface area contributed by atoms with E-state index in [0.717, 1.165) is 17.9 Å². The zero-order chi connectivity index (χ0) is 8.97. The van der Waals surface area contributed by atoms with Crippen molar-refractivity contribution in [3.05, 3.63) is 28.8 Å². The average molecular weight is 203 g/mol. The Labute approximate surface area is 83.1 Å². The van der Waals surface area contributed by atoms with Crippen molar-refractivity contribution in [2.45, 2.75) is 6.42 Å². The van der Waals surface area contributed by atoms with E-state index in [1.807, 2.05) is 18.2 Å². The minimum absolute atomic E-state index is 0.664. The van der Waals surface area contributed by atoms with Gasteiger partial charge in [0.15, 0.2) is 0 Å². The smallest absolute Gasteiger partial charge is 0.137 e. The van der Waals surface area contributed by atoms with Crippen molar-refractivity contribution in [2.24, 2.45) is 0 Å². The molecule has 0 atom stereocenters. The largest absolute Gasteiger partial charge is 0.495 e. The molecule has 12 heavy (non-hydrogen) atoms. The molecule has 0 heterocycles. The van der Waals surface area contributed by atoms with Gasteiger partial charge >= 0.3 is 0 Å². The molecule has 0 bridgehead atoms. The fourth-order valence-corrected chi connectivity index (χ4v) is 1.53. The highest BCUT2D eigenvalue weighted by atomic mass is 35.5. The van der Waals surface area contributed by atoms with Crippen LogP contribution in [0.1, 0.15) is 5.56 Å². The van der Waals surface area contributed by atoms with Crippen molar-refractivity contribution in [3.63, 3.8) is 0 Å². The lowest BCUT2D eigenvalue weighted by molar-refractivity contribution is 0.415. The fourth-order valence-electron chi connectivity index (χ4n) is 0.994. The van der Waals surface area contributed by atoms with Gasteiger partial charge in [-0.05, 0) is 29.9 Å². The van der Waals surface area contributed by atoms with Crippen molar-refractivity contribution >= 4 is 24.2 Å². The van der Waals surface area contributed by atoms with Crippen molar-refractivity contribution in [1.82, 2.24) is 0 Å². The third-order valence-electron chi connectivity index (χ3n) is 1.62. The second-order valence-electron chi connectivity index (χ2n) is 2.44. The molecule has 0 unspecified atom stereocenters. The van der Waals surface area contributed by atoms with Crippen molar-refractivity contribution < 1.29 is 4.74 Å². The van der Waals surface area contributed by atoms with Crippen LogP contribution in [0.15, 0.2) is 18.2 Å². The minimum atomic E-state index is 0.664. The molecule has 1 aromatic rings. The Balaban J connectivity index is 2.86.